The standard InChI is InChI=1S/C16H15N5OS/c1-2-18-15(22)21(16-19-8-9-23-16)14-6-5-13(11-20-14)12-4-3-7-17-10-12/h3-11H,2H2,1H3,(H,18,22). The molecule has 0 saturated heterocycles. The zero-order valence-corrected chi connectivity index (χ0v) is 13.3. The highest BCUT2D eigenvalue weighted by Gasteiger charge is 2.20. The van der Waals surface area contributed by atoms with Gasteiger partial charge in [0, 0.05) is 47.8 Å². The molecule has 7 heteroatoms. The van der Waals surface area contributed by atoms with Crippen molar-refractivity contribution in [1.29, 1.82) is 0 Å². The third kappa shape index (κ3) is 3.35. The molecule has 23 heavy (non-hydrogen) atoms. The van der Waals surface area contributed by atoms with Gasteiger partial charge in [-0.3, -0.25) is 4.98 Å². The first kappa shape index (κ1) is 15.1. The fourth-order valence-corrected chi connectivity index (χ4v) is 2.72. The molecule has 0 radical (unpaired) electrons. The third-order valence-corrected chi connectivity index (χ3v) is 3.87. The SMILES string of the molecule is CCNC(=O)N(c1ccc(-c2cccnc2)cn1)c1nccs1. The Morgan fingerprint density at radius 1 is 1.17 bits per heavy atom. The van der Waals surface area contributed by atoms with Gasteiger partial charge in [-0.05, 0) is 25.1 Å². The minimum atomic E-state index is -0.246. The van der Waals surface area contributed by atoms with E-state index in [9.17, 15) is 4.79 Å². The highest BCUT2D eigenvalue weighted by atomic mass is 32.1. The molecular formula is C16H15N5OS. The molecule has 0 unspecified atom stereocenters. The Morgan fingerprint density at radius 3 is 2.65 bits per heavy atom. The molecular weight excluding hydrogens is 310 g/mol. The largest absolute Gasteiger partial charge is 0.338 e. The summed E-state index contributed by atoms with van der Waals surface area (Å²) in [6, 6.07) is 7.31. The van der Waals surface area contributed by atoms with Gasteiger partial charge >= 0.3 is 6.03 Å². The van der Waals surface area contributed by atoms with Crippen molar-refractivity contribution in [1.82, 2.24) is 20.3 Å². The molecule has 1 N–H and O–H groups in total. The van der Waals surface area contributed by atoms with Crippen LogP contribution in [0.15, 0.2) is 54.4 Å². The molecule has 0 fully saturated rings. The third-order valence-electron chi connectivity index (χ3n) is 3.11. The number of nitrogens with one attached hydrogen (secondary N) is 1. The van der Waals surface area contributed by atoms with Crippen LogP contribution in [-0.2, 0) is 0 Å². The second-order valence-corrected chi connectivity index (χ2v) is 5.51. The van der Waals surface area contributed by atoms with E-state index in [2.05, 4.69) is 20.3 Å². The summed E-state index contributed by atoms with van der Waals surface area (Å²) in [5, 5.41) is 5.19. The molecule has 0 aliphatic heterocycles. The Labute approximate surface area is 137 Å². The van der Waals surface area contributed by atoms with Crippen LogP contribution < -0.4 is 10.2 Å². The summed E-state index contributed by atoms with van der Waals surface area (Å²) in [6.45, 7) is 2.41. The van der Waals surface area contributed by atoms with E-state index in [1.165, 1.54) is 16.2 Å². The van der Waals surface area contributed by atoms with Crippen molar-refractivity contribution >= 4 is 28.3 Å². The van der Waals surface area contributed by atoms with E-state index in [1.54, 1.807) is 30.9 Å². The predicted molar refractivity (Wildman–Crippen MR) is 90.8 cm³/mol. The van der Waals surface area contributed by atoms with Crippen molar-refractivity contribution in [2.45, 2.75) is 6.92 Å². The summed E-state index contributed by atoms with van der Waals surface area (Å²) < 4.78 is 0. The first-order valence-corrected chi connectivity index (χ1v) is 8.01. The Bertz CT molecular complexity index is 759. The number of carbonyl (C=O) groups is 1. The van der Waals surface area contributed by atoms with Crippen molar-refractivity contribution in [3.63, 3.8) is 0 Å². The van der Waals surface area contributed by atoms with Crippen molar-refractivity contribution in [2.75, 3.05) is 11.4 Å². The molecule has 0 aliphatic carbocycles. The van der Waals surface area contributed by atoms with Gasteiger partial charge in [0.1, 0.15) is 5.82 Å². The number of rotatable bonds is 4. The number of pyridine rings is 2. The van der Waals surface area contributed by atoms with E-state index in [-0.39, 0.29) is 6.03 Å². The Balaban J connectivity index is 1.93. The number of hydrogen-bond donors (Lipinski definition) is 1. The summed E-state index contributed by atoms with van der Waals surface area (Å²) >= 11 is 1.38. The molecule has 0 bridgehead atoms. The smallest absolute Gasteiger partial charge is 0.329 e. The number of hydrogen-bond acceptors (Lipinski definition) is 5. The normalized spacial score (nSPS) is 10.3. The minimum Gasteiger partial charge on any atom is -0.338 e. The minimum absolute atomic E-state index is 0.246. The number of urea groups is 1. The fraction of sp³-hybridized carbons (Fsp3) is 0.125. The van der Waals surface area contributed by atoms with E-state index in [0.717, 1.165) is 11.1 Å². The van der Waals surface area contributed by atoms with Crippen molar-refractivity contribution in [3.8, 4) is 11.1 Å². The number of aromatic nitrogens is 3. The summed E-state index contributed by atoms with van der Waals surface area (Å²) in [6.07, 6.45) is 6.89. The Morgan fingerprint density at radius 2 is 2.04 bits per heavy atom. The van der Waals surface area contributed by atoms with Gasteiger partial charge in [0.15, 0.2) is 5.13 Å². The molecule has 0 atom stereocenters. The number of amides is 2. The maximum absolute atomic E-state index is 12.3. The van der Waals surface area contributed by atoms with Crippen LogP contribution in [-0.4, -0.2) is 27.5 Å². The Kier molecular flexibility index (Phi) is 4.58. The van der Waals surface area contributed by atoms with Crippen LogP contribution in [0.5, 0.6) is 0 Å². The highest BCUT2D eigenvalue weighted by molar-refractivity contribution is 7.13. The molecule has 0 aliphatic rings. The second-order valence-electron chi connectivity index (χ2n) is 4.63. The summed E-state index contributed by atoms with van der Waals surface area (Å²) in [4.78, 5) is 26.5. The number of thiazole rings is 1. The maximum Gasteiger partial charge on any atom is 0.329 e. The van der Waals surface area contributed by atoms with Crippen LogP contribution in [0.4, 0.5) is 15.7 Å². The van der Waals surface area contributed by atoms with E-state index in [0.29, 0.717) is 17.5 Å². The zero-order valence-electron chi connectivity index (χ0n) is 12.5. The van der Waals surface area contributed by atoms with E-state index in [4.69, 9.17) is 0 Å². The van der Waals surface area contributed by atoms with Crippen LogP contribution in [0.25, 0.3) is 11.1 Å². The lowest BCUT2D eigenvalue weighted by Gasteiger charge is -2.19. The van der Waals surface area contributed by atoms with Crippen LogP contribution in [0.3, 0.4) is 0 Å². The topological polar surface area (TPSA) is 71.0 Å². The molecule has 3 aromatic heterocycles. The van der Waals surface area contributed by atoms with Crippen LogP contribution in [0.1, 0.15) is 6.92 Å². The second kappa shape index (κ2) is 6.97. The van der Waals surface area contributed by atoms with Crippen LogP contribution >= 0.6 is 11.3 Å². The van der Waals surface area contributed by atoms with Crippen molar-refractivity contribution < 1.29 is 4.79 Å². The molecule has 3 aromatic rings. The maximum atomic E-state index is 12.3. The summed E-state index contributed by atoms with van der Waals surface area (Å²) in [7, 11) is 0. The molecule has 116 valence electrons. The van der Waals surface area contributed by atoms with E-state index < -0.39 is 0 Å². The lowest BCUT2D eigenvalue weighted by atomic mass is 10.1. The van der Waals surface area contributed by atoms with Gasteiger partial charge in [-0.15, -0.1) is 11.3 Å². The predicted octanol–water partition coefficient (Wildman–Crippen LogP) is 3.47. The van der Waals surface area contributed by atoms with Crippen LogP contribution in [0.2, 0.25) is 0 Å². The van der Waals surface area contributed by atoms with Crippen molar-refractivity contribution in [3.05, 3.63) is 54.4 Å². The van der Waals surface area contributed by atoms with Crippen LogP contribution in [0, 0.1) is 0 Å². The number of anilines is 2. The number of nitrogens with zero attached hydrogens (tertiary/aromatic N) is 4. The quantitative estimate of drug-likeness (QED) is 0.797. The van der Waals surface area contributed by atoms with Crippen molar-refractivity contribution in [2.24, 2.45) is 0 Å². The van der Waals surface area contributed by atoms with E-state index >= 15 is 0 Å². The molecule has 0 spiro atoms. The molecule has 0 saturated carbocycles. The van der Waals surface area contributed by atoms with Gasteiger partial charge in [0.2, 0.25) is 0 Å². The average Bonchev–Trinajstić information content (AvgIpc) is 3.11. The van der Waals surface area contributed by atoms with Gasteiger partial charge in [-0.1, -0.05) is 6.07 Å². The van der Waals surface area contributed by atoms with Gasteiger partial charge in [-0.25, -0.2) is 19.7 Å². The lowest BCUT2D eigenvalue weighted by molar-refractivity contribution is 0.249. The first-order chi connectivity index (χ1) is 11.3. The molecule has 3 heterocycles. The highest BCUT2D eigenvalue weighted by Crippen LogP contribution is 2.27. The van der Waals surface area contributed by atoms with Gasteiger partial charge < -0.3 is 5.32 Å². The van der Waals surface area contributed by atoms with Gasteiger partial charge in [-0.2, -0.15) is 0 Å². The monoisotopic (exact) mass is 325 g/mol. The van der Waals surface area contributed by atoms with Gasteiger partial charge in [0.05, 0.1) is 0 Å². The van der Waals surface area contributed by atoms with E-state index in [1.807, 2.05) is 30.5 Å². The number of carbonyl (C=O) groups excluding carboxylic acids is 1. The zero-order chi connectivity index (χ0) is 16.1. The average molecular weight is 325 g/mol. The lowest BCUT2D eigenvalue weighted by Crippen LogP contribution is -2.37. The van der Waals surface area contributed by atoms with Gasteiger partial charge in [0.25, 0.3) is 0 Å². The summed E-state index contributed by atoms with van der Waals surface area (Å²) in [5.74, 6) is 0.526. The molecule has 0 aromatic carbocycles. The fourth-order valence-electron chi connectivity index (χ4n) is 2.07. The molecule has 2 amide bonds. The summed E-state index contributed by atoms with van der Waals surface area (Å²) in [5.41, 5.74) is 1.92. The Hall–Kier alpha value is -2.80. The molecule has 6 nitrogen and oxygen atoms in total. The first-order valence-electron chi connectivity index (χ1n) is 7.13. The molecule has 3 rings (SSSR count).